The van der Waals surface area contributed by atoms with Gasteiger partial charge in [-0.15, -0.1) is 0 Å². The number of aryl methyl sites for hydroxylation is 3. The van der Waals surface area contributed by atoms with Crippen LogP contribution in [0, 0.1) is 13.8 Å². The molecular formula is C20H25N5O2. The molecule has 3 heterocycles. The molecule has 1 aromatic carbocycles. The van der Waals surface area contributed by atoms with Gasteiger partial charge in [0, 0.05) is 25.5 Å². The molecule has 1 N–H and O–H groups in total. The molecule has 0 bridgehead atoms. The van der Waals surface area contributed by atoms with Gasteiger partial charge >= 0.3 is 6.03 Å². The van der Waals surface area contributed by atoms with E-state index in [2.05, 4.69) is 16.5 Å². The average molecular weight is 367 g/mol. The number of fused-ring (bicyclic) bond motifs is 3. The smallest absolute Gasteiger partial charge is 0.328 e. The van der Waals surface area contributed by atoms with Gasteiger partial charge < -0.3 is 9.67 Å². The minimum Gasteiger partial charge on any atom is -0.368 e. The fourth-order valence-electron chi connectivity index (χ4n) is 3.84. The average Bonchev–Trinajstić information content (AvgIpc) is 3.14. The number of nitrogens with zero attached hydrogens (tertiary/aromatic N) is 5. The summed E-state index contributed by atoms with van der Waals surface area (Å²) in [6.45, 7) is 7.35. The van der Waals surface area contributed by atoms with Crippen LogP contribution in [0.4, 0.5) is 10.6 Å². The lowest BCUT2D eigenvalue weighted by atomic mass is 10.1. The zero-order valence-corrected chi connectivity index (χ0v) is 16.2. The molecule has 7 nitrogen and oxygen atoms in total. The number of aromatic nitrogens is 3. The van der Waals surface area contributed by atoms with Gasteiger partial charge in [0.15, 0.2) is 12.0 Å². The number of benzene rings is 1. The molecule has 4 rings (SSSR count). The summed E-state index contributed by atoms with van der Waals surface area (Å²) in [5.41, 5.74) is 3.83. The van der Waals surface area contributed by atoms with E-state index in [1.54, 1.807) is 7.05 Å². The normalized spacial score (nSPS) is 17.1. The Labute approximate surface area is 158 Å². The van der Waals surface area contributed by atoms with Crippen molar-refractivity contribution >= 4 is 17.6 Å². The highest BCUT2D eigenvalue weighted by Crippen LogP contribution is 2.36. The SMILES string of the molecule is CCCn1c(C)cn2c3c(nc12)N(C)C(=O)N(Cc1cccc(C)c1)C3O. The first-order chi connectivity index (χ1) is 12.9. The Morgan fingerprint density at radius 3 is 2.74 bits per heavy atom. The fourth-order valence-corrected chi connectivity index (χ4v) is 3.84. The first-order valence-electron chi connectivity index (χ1n) is 9.28. The molecule has 0 spiro atoms. The molecule has 0 fully saturated rings. The zero-order chi connectivity index (χ0) is 19.3. The molecule has 27 heavy (non-hydrogen) atoms. The molecule has 1 unspecified atom stereocenters. The number of carbonyl (C=O) groups is 1. The Hall–Kier alpha value is -2.80. The number of rotatable bonds is 4. The van der Waals surface area contributed by atoms with Crippen LogP contribution >= 0.6 is 0 Å². The van der Waals surface area contributed by atoms with Crippen LogP contribution in [0.25, 0.3) is 5.78 Å². The summed E-state index contributed by atoms with van der Waals surface area (Å²) in [5, 5.41) is 11.1. The van der Waals surface area contributed by atoms with Crippen LogP contribution in [0.5, 0.6) is 0 Å². The van der Waals surface area contributed by atoms with E-state index < -0.39 is 6.23 Å². The molecule has 7 heteroatoms. The van der Waals surface area contributed by atoms with E-state index in [0.717, 1.165) is 35.6 Å². The largest absolute Gasteiger partial charge is 0.368 e. The van der Waals surface area contributed by atoms with Crippen molar-refractivity contribution in [3.63, 3.8) is 0 Å². The van der Waals surface area contributed by atoms with E-state index in [-0.39, 0.29) is 6.03 Å². The van der Waals surface area contributed by atoms with Gasteiger partial charge in [-0.3, -0.25) is 14.2 Å². The third-order valence-corrected chi connectivity index (χ3v) is 5.17. The minimum atomic E-state index is -1.05. The number of aliphatic hydroxyl groups is 1. The van der Waals surface area contributed by atoms with Crippen molar-refractivity contribution in [1.82, 2.24) is 18.9 Å². The summed E-state index contributed by atoms with van der Waals surface area (Å²) in [5.74, 6) is 1.28. The maximum atomic E-state index is 12.9. The standard InChI is InChI=1S/C20H25N5O2/c1-5-9-23-14(3)11-24-16-17(21-19(23)24)22(4)20(27)25(18(16)26)12-15-8-6-7-13(2)10-15/h6-8,10-11,18,26H,5,9,12H2,1-4H3. The maximum absolute atomic E-state index is 12.9. The summed E-state index contributed by atoms with van der Waals surface area (Å²) >= 11 is 0. The number of hydrogen-bond donors (Lipinski definition) is 1. The van der Waals surface area contributed by atoms with Crippen LogP contribution in [-0.4, -0.2) is 37.0 Å². The second kappa shape index (κ2) is 6.42. The maximum Gasteiger partial charge on any atom is 0.328 e. The van der Waals surface area contributed by atoms with Crippen molar-refractivity contribution in [1.29, 1.82) is 0 Å². The number of amides is 2. The first-order valence-corrected chi connectivity index (χ1v) is 9.28. The van der Waals surface area contributed by atoms with Crippen molar-refractivity contribution in [3.05, 3.63) is 53.0 Å². The molecule has 0 saturated heterocycles. The highest BCUT2D eigenvalue weighted by Gasteiger charge is 2.39. The van der Waals surface area contributed by atoms with E-state index in [0.29, 0.717) is 18.1 Å². The van der Waals surface area contributed by atoms with E-state index in [1.165, 1.54) is 9.80 Å². The second-order valence-electron chi connectivity index (χ2n) is 7.24. The van der Waals surface area contributed by atoms with Crippen LogP contribution in [0.1, 0.15) is 42.1 Å². The highest BCUT2D eigenvalue weighted by atomic mass is 16.3. The number of aliphatic hydroxyl groups excluding tert-OH is 1. The predicted molar refractivity (Wildman–Crippen MR) is 104 cm³/mol. The van der Waals surface area contributed by atoms with Gasteiger partial charge in [0.05, 0.1) is 6.54 Å². The minimum absolute atomic E-state index is 0.254. The molecular weight excluding hydrogens is 342 g/mol. The van der Waals surface area contributed by atoms with E-state index in [9.17, 15) is 9.90 Å². The number of anilines is 1. The fraction of sp³-hybridized carbons (Fsp3) is 0.400. The second-order valence-corrected chi connectivity index (χ2v) is 7.24. The Kier molecular flexibility index (Phi) is 4.19. The van der Waals surface area contributed by atoms with Crippen molar-refractivity contribution in [3.8, 4) is 0 Å². The predicted octanol–water partition coefficient (Wildman–Crippen LogP) is 3.23. The Bertz CT molecular complexity index is 1020. The first kappa shape index (κ1) is 17.6. The van der Waals surface area contributed by atoms with Crippen LogP contribution in [0.15, 0.2) is 30.5 Å². The Morgan fingerprint density at radius 1 is 1.26 bits per heavy atom. The zero-order valence-electron chi connectivity index (χ0n) is 16.2. The van der Waals surface area contributed by atoms with Gasteiger partial charge in [0.25, 0.3) is 0 Å². The van der Waals surface area contributed by atoms with Gasteiger partial charge in [-0.1, -0.05) is 36.8 Å². The molecule has 0 saturated carbocycles. The summed E-state index contributed by atoms with van der Waals surface area (Å²) in [4.78, 5) is 20.6. The highest BCUT2D eigenvalue weighted by molar-refractivity contribution is 5.94. The van der Waals surface area contributed by atoms with Crippen molar-refractivity contribution in [2.24, 2.45) is 0 Å². The van der Waals surface area contributed by atoms with E-state index >= 15 is 0 Å². The summed E-state index contributed by atoms with van der Waals surface area (Å²) in [6, 6.07) is 7.73. The monoisotopic (exact) mass is 367 g/mol. The van der Waals surface area contributed by atoms with Crippen LogP contribution in [0.3, 0.4) is 0 Å². The third-order valence-electron chi connectivity index (χ3n) is 5.17. The summed E-state index contributed by atoms with van der Waals surface area (Å²) in [7, 11) is 1.71. The lowest BCUT2D eigenvalue weighted by Gasteiger charge is -2.36. The quantitative estimate of drug-likeness (QED) is 0.770. The molecule has 0 aliphatic carbocycles. The molecule has 0 radical (unpaired) electrons. The van der Waals surface area contributed by atoms with Crippen molar-refractivity contribution in [2.45, 2.75) is 46.5 Å². The summed E-state index contributed by atoms with van der Waals surface area (Å²) in [6.07, 6.45) is 1.92. The molecule has 1 aliphatic rings. The number of hydrogen-bond acceptors (Lipinski definition) is 3. The van der Waals surface area contributed by atoms with Gasteiger partial charge in [-0.05, 0) is 25.8 Å². The molecule has 1 atom stereocenters. The lowest BCUT2D eigenvalue weighted by Crippen LogP contribution is -2.47. The van der Waals surface area contributed by atoms with Gasteiger partial charge in [0.1, 0.15) is 5.69 Å². The van der Waals surface area contributed by atoms with Crippen molar-refractivity contribution < 1.29 is 9.90 Å². The number of urea groups is 1. The molecule has 1 aliphatic heterocycles. The summed E-state index contributed by atoms with van der Waals surface area (Å²) < 4.78 is 4.03. The van der Waals surface area contributed by atoms with E-state index in [1.807, 2.05) is 48.7 Å². The third kappa shape index (κ3) is 2.70. The number of imidazole rings is 2. The van der Waals surface area contributed by atoms with Gasteiger partial charge in [0.2, 0.25) is 5.78 Å². The molecule has 142 valence electrons. The van der Waals surface area contributed by atoms with Crippen LogP contribution < -0.4 is 4.90 Å². The molecule has 3 aromatic rings. The molecule has 2 amide bonds. The number of carbonyl (C=O) groups excluding carboxylic acids is 1. The van der Waals surface area contributed by atoms with E-state index in [4.69, 9.17) is 0 Å². The van der Waals surface area contributed by atoms with Crippen LogP contribution in [-0.2, 0) is 13.1 Å². The Balaban J connectivity index is 1.79. The Morgan fingerprint density at radius 2 is 2.04 bits per heavy atom. The molecule has 2 aromatic heterocycles. The lowest BCUT2D eigenvalue weighted by molar-refractivity contribution is 0.0191. The van der Waals surface area contributed by atoms with Crippen molar-refractivity contribution in [2.75, 3.05) is 11.9 Å². The van der Waals surface area contributed by atoms with Gasteiger partial charge in [-0.25, -0.2) is 4.79 Å². The van der Waals surface area contributed by atoms with Gasteiger partial charge in [-0.2, -0.15) is 4.98 Å². The topological polar surface area (TPSA) is 66.0 Å². The van der Waals surface area contributed by atoms with Crippen LogP contribution in [0.2, 0.25) is 0 Å².